The lowest BCUT2D eigenvalue weighted by atomic mass is 9.92. The van der Waals surface area contributed by atoms with Gasteiger partial charge in [0.15, 0.2) is 11.6 Å². The number of ether oxygens (including phenoxy) is 1. The van der Waals surface area contributed by atoms with E-state index in [0.29, 0.717) is 37.4 Å². The number of imide groups is 1. The summed E-state index contributed by atoms with van der Waals surface area (Å²) in [6.45, 7) is 2.25. The molecule has 1 aliphatic carbocycles. The van der Waals surface area contributed by atoms with Crippen LogP contribution in [0.4, 0.5) is 4.39 Å². The topological polar surface area (TPSA) is 102 Å². The van der Waals surface area contributed by atoms with Crippen molar-refractivity contribution in [1.29, 1.82) is 0 Å². The molecule has 0 spiro atoms. The van der Waals surface area contributed by atoms with Gasteiger partial charge in [0.2, 0.25) is 21.8 Å². The standard InChI is InChI=1S/C25H37FN2O5S/c1-18(21-11-13-22(26)23(16-21)33-17-19-9-10-19)28-34(31,32)15-7-5-3-2-4-6-8-20-12-14-24(29)27-25(20)30/h11,13,16,18-20,28H,2-10,12,14-15,17H2,1H3,(H,27,29,30)/t18-,20?/m1/s1. The number of benzene rings is 1. The number of hydrogen-bond donors (Lipinski definition) is 2. The van der Waals surface area contributed by atoms with Crippen LogP contribution in [0.15, 0.2) is 18.2 Å². The molecule has 2 N–H and O–H groups in total. The van der Waals surface area contributed by atoms with Gasteiger partial charge in [0, 0.05) is 18.4 Å². The van der Waals surface area contributed by atoms with Crippen molar-refractivity contribution >= 4 is 21.8 Å². The average Bonchev–Trinajstić information content (AvgIpc) is 3.60. The van der Waals surface area contributed by atoms with E-state index in [4.69, 9.17) is 4.74 Å². The highest BCUT2D eigenvalue weighted by molar-refractivity contribution is 7.89. The zero-order valence-corrected chi connectivity index (χ0v) is 20.8. The van der Waals surface area contributed by atoms with Gasteiger partial charge in [0.1, 0.15) is 0 Å². The molecule has 1 heterocycles. The molecular weight excluding hydrogens is 459 g/mol. The summed E-state index contributed by atoms with van der Waals surface area (Å²) in [5.41, 5.74) is 0.673. The van der Waals surface area contributed by atoms with E-state index >= 15 is 0 Å². The lowest BCUT2D eigenvalue weighted by molar-refractivity contribution is -0.136. The van der Waals surface area contributed by atoms with Gasteiger partial charge in [-0.3, -0.25) is 14.9 Å². The maximum atomic E-state index is 14.0. The van der Waals surface area contributed by atoms with Crippen LogP contribution >= 0.6 is 0 Å². The van der Waals surface area contributed by atoms with Gasteiger partial charge in [0.05, 0.1) is 12.4 Å². The highest BCUT2D eigenvalue weighted by Crippen LogP contribution is 2.31. The van der Waals surface area contributed by atoms with Crippen LogP contribution in [-0.2, 0) is 19.6 Å². The molecule has 1 aromatic rings. The van der Waals surface area contributed by atoms with E-state index in [1.165, 1.54) is 6.07 Å². The minimum absolute atomic E-state index is 0.0554. The van der Waals surface area contributed by atoms with Gasteiger partial charge in [-0.2, -0.15) is 0 Å². The summed E-state index contributed by atoms with van der Waals surface area (Å²) in [6.07, 6.45) is 9.36. The molecule has 3 rings (SSSR count). The van der Waals surface area contributed by atoms with Crippen LogP contribution < -0.4 is 14.8 Å². The molecule has 0 bridgehead atoms. The Morgan fingerprint density at radius 3 is 2.50 bits per heavy atom. The first-order valence-electron chi connectivity index (χ1n) is 12.5. The molecule has 2 amide bonds. The van der Waals surface area contributed by atoms with Crippen molar-refractivity contribution in [3.63, 3.8) is 0 Å². The molecule has 190 valence electrons. The SMILES string of the molecule is C[C@@H](NS(=O)(=O)CCCCCCCCC1CCC(=O)NC1=O)c1ccc(F)c(OCC2CC2)c1. The number of halogens is 1. The summed E-state index contributed by atoms with van der Waals surface area (Å²) in [4.78, 5) is 22.9. The second-order valence-electron chi connectivity index (χ2n) is 9.66. The summed E-state index contributed by atoms with van der Waals surface area (Å²) in [5.74, 6) is -0.0853. The summed E-state index contributed by atoms with van der Waals surface area (Å²) < 4.78 is 47.2. The van der Waals surface area contributed by atoms with Gasteiger partial charge in [-0.15, -0.1) is 0 Å². The summed E-state index contributed by atoms with van der Waals surface area (Å²) in [6, 6.07) is 4.02. The molecule has 1 aliphatic heterocycles. The Hall–Kier alpha value is -2.00. The number of carbonyl (C=O) groups excluding carboxylic acids is 2. The number of hydrogen-bond acceptors (Lipinski definition) is 5. The smallest absolute Gasteiger partial charge is 0.229 e. The van der Waals surface area contributed by atoms with E-state index in [1.807, 2.05) is 0 Å². The number of amides is 2. The van der Waals surface area contributed by atoms with Gasteiger partial charge < -0.3 is 4.74 Å². The Bertz CT molecular complexity index is 949. The molecule has 1 saturated heterocycles. The normalized spacial score (nSPS) is 19.6. The van der Waals surface area contributed by atoms with Crippen molar-refractivity contribution in [2.75, 3.05) is 12.4 Å². The molecule has 7 nitrogen and oxygen atoms in total. The molecule has 2 fully saturated rings. The van der Waals surface area contributed by atoms with Gasteiger partial charge in [-0.25, -0.2) is 17.5 Å². The lowest BCUT2D eigenvalue weighted by Crippen LogP contribution is -2.40. The largest absolute Gasteiger partial charge is 0.490 e. The lowest BCUT2D eigenvalue weighted by Gasteiger charge is -2.20. The number of unbranched alkanes of at least 4 members (excludes halogenated alkanes) is 5. The quantitative estimate of drug-likeness (QED) is 0.277. The van der Waals surface area contributed by atoms with Gasteiger partial charge in [0.25, 0.3) is 0 Å². The number of piperidine rings is 1. The van der Waals surface area contributed by atoms with Crippen molar-refractivity contribution in [2.24, 2.45) is 11.8 Å². The first-order valence-corrected chi connectivity index (χ1v) is 14.1. The van der Waals surface area contributed by atoms with Crippen molar-refractivity contribution in [3.05, 3.63) is 29.6 Å². The Morgan fingerprint density at radius 1 is 1.09 bits per heavy atom. The fraction of sp³-hybridized carbons (Fsp3) is 0.680. The highest BCUT2D eigenvalue weighted by atomic mass is 32.2. The third-order valence-corrected chi connectivity index (χ3v) is 8.09. The van der Waals surface area contributed by atoms with E-state index in [-0.39, 0.29) is 29.2 Å². The van der Waals surface area contributed by atoms with E-state index in [9.17, 15) is 22.4 Å². The molecule has 0 radical (unpaired) electrons. The zero-order valence-electron chi connectivity index (χ0n) is 20.0. The average molecular weight is 497 g/mol. The zero-order chi connectivity index (χ0) is 24.6. The number of sulfonamides is 1. The first-order chi connectivity index (χ1) is 16.2. The van der Waals surface area contributed by atoms with Crippen LogP contribution in [0.3, 0.4) is 0 Å². The predicted octanol–water partition coefficient (Wildman–Crippen LogP) is 4.38. The number of rotatable bonds is 15. The van der Waals surface area contributed by atoms with Crippen molar-refractivity contribution in [1.82, 2.24) is 10.0 Å². The van der Waals surface area contributed by atoms with E-state index in [1.54, 1.807) is 19.1 Å². The molecule has 34 heavy (non-hydrogen) atoms. The first kappa shape index (κ1) is 26.6. The highest BCUT2D eigenvalue weighted by Gasteiger charge is 2.26. The summed E-state index contributed by atoms with van der Waals surface area (Å²) >= 11 is 0. The monoisotopic (exact) mass is 496 g/mol. The molecule has 0 aromatic heterocycles. The summed E-state index contributed by atoms with van der Waals surface area (Å²) in [5, 5.41) is 2.39. The van der Waals surface area contributed by atoms with Gasteiger partial charge >= 0.3 is 0 Å². The third kappa shape index (κ3) is 8.98. The molecule has 1 aromatic carbocycles. The van der Waals surface area contributed by atoms with Crippen LogP contribution in [0, 0.1) is 17.7 Å². The van der Waals surface area contributed by atoms with Crippen LogP contribution in [0.1, 0.15) is 89.2 Å². The van der Waals surface area contributed by atoms with Crippen LogP contribution in [0.2, 0.25) is 0 Å². The minimum atomic E-state index is -3.45. The minimum Gasteiger partial charge on any atom is -0.490 e. The Balaban J connectivity index is 1.29. The maximum absolute atomic E-state index is 14.0. The van der Waals surface area contributed by atoms with E-state index in [2.05, 4.69) is 10.0 Å². The second-order valence-corrected chi connectivity index (χ2v) is 11.5. The molecular formula is C25H37FN2O5S. The van der Waals surface area contributed by atoms with Crippen LogP contribution in [0.25, 0.3) is 0 Å². The van der Waals surface area contributed by atoms with Crippen molar-refractivity contribution in [2.45, 2.75) is 83.6 Å². The van der Waals surface area contributed by atoms with Gasteiger partial charge in [-0.1, -0.05) is 38.2 Å². The fourth-order valence-electron chi connectivity index (χ4n) is 4.19. The number of carbonyl (C=O) groups is 2. The molecule has 9 heteroatoms. The fourth-order valence-corrected chi connectivity index (χ4v) is 5.57. The molecule has 1 saturated carbocycles. The molecule has 1 unspecified atom stereocenters. The molecule has 2 aliphatic rings. The van der Waals surface area contributed by atoms with E-state index in [0.717, 1.165) is 51.4 Å². The predicted molar refractivity (Wildman–Crippen MR) is 128 cm³/mol. The third-order valence-electron chi connectivity index (χ3n) is 6.55. The Kier molecular flexibility index (Phi) is 9.88. The van der Waals surface area contributed by atoms with Crippen molar-refractivity contribution in [3.8, 4) is 5.75 Å². The Labute approximate surface area is 202 Å². The summed E-state index contributed by atoms with van der Waals surface area (Å²) in [7, 11) is -3.45. The second kappa shape index (κ2) is 12.6. The maximum Gasteiger partial charge on any atom is 0.229 e. The van der Waals surface area contributed by atoms with Crippen LogP contribution in [-0.4, -0.2) is 32.6 Å². The number of nitrogens with one attached hydrogen (secondary N) is 2. The van der Waals surface area contributed by atoms with Crippen molar-refractivity contribution < 1.29 is 27.1 Å². The molecule has 2 atom stereocenters. The van der Waals surface area contributed by atoms with E-state index < -0.39 is 21.9 Å². The Morgan fingerprint density at radius 2 is 1.79 bits per heavy atom. The van der Waals surface area contributed by atoms with Gasteiger partial charge in [-0.05, 0) is 62.6 Å². The van der Waals surface area contributed by atoms with Crippen LogP contribution in [0.5, 0.6) is 5.75 Å².